The van der Waals surface area contributed by atoms with Gasteiger partial charge in [-0.25, -0.2) is 4.39 Å². The second-order valence-electron chi connectivity index (χ2n) is 7.00. The van der Waals surface area contributed by atoms with Crippen LogP contribution >= 0.6 is 11.3 Å². The molecule has 27 heavy (non-hydrogen) atoms. The van der Waals surface area contributed by atoms with Crippen molar-refractivity contribution in [2.45, 2.75) is 37.9 Å². The molecule has 2 heterocycles. The number of hydrogen-bond donors (Lipinski definition) is 1. The van der Waals surface area contributed by atoms with E-state index in [0.717, 1.165) is 30.4 Å². The Kier molecular flexibility index (Phi) is 4.82. The largest absolute Gasteiger partial charge is 0.507 e. The standard InChI is InChI=1S/C19H22FN5OS/c1-24-11-13(10-21-24)12-7-8-14(17(26)9-12)18-22-23-19(27-18)25(2)16-6-4-3-5-15(16)20/h7-11,15-16,26H,3-6H2,1-2H3/t15-,16+/m1/s1. The highest BCUT2D eigenvalue weighted by Crippen LogP contribution is 2.38. The van der Waals surface area contributed by atoms with Gasteiger partial charge >= 0.3 is 0 Å². The van der Waals surface area contributed by atoms with Crippen LogP contribution in [-0.2, 0) is 7.05 Å². The summed E-state index contributed by atoms with van der Waals surface area (Å²) in [5, 5.41) is 24.4. The molecule has 0 bridgehead atoms. The quantitative estimate of drug-likeness (QED) is 0.732. The van der Waals surface area contributed by atoms with Crippen LogP contribution in [0.1, 0.15) is 25.7 Å². The molecule has 1 saturated carbocycles. The Morgan fingerprint density at radius 3 is 2.74 bits per heavy atom. The molecule has 1 aliphatic rings. The van der Waals surface area contributed by atoms with E-state index in [-0.39, 0.29) is 11.8 Å². The molecule has 0 saturated heterocycles. The highest BCUT2D eigenvalue weighted by molar-refractivity contribution is 7.18. The van der Waals surface area contributed by atoms with Crippen molar-refractivity contribution in [3.63, 3.8) is 0 Å². The van der Waals surface area contributed by atoms with E-state index in [1.165, 1.54) is 11.3 Å². The third kappa shape index (κ3) is 3.53. The summed E-state index contributed by atoms with van der Waals surface area (Å²) in [7, 11) is 3.73. The number of phenolic OH excluding ortho intramolecular Hbond substituents is 1. The van der Waals surface area contributed by atoms with E-state index in [9.17, 15) is 9.50 Å². The molecule has 6 nitrogen and oxygen atoms in total. The number of halogens is 1. The van der Waals surface area contributed by atoms with E-state index in [1.54, 1.807) is 16.9 Å². The van der Waals surface area contributed by atoms with Crippen LogP contribution in [0, 0.1) is 0 Å². The summed E-state index contributed by atoms with van der Waals surface area (Å²) in [6.07, 6.45) is 6.24. The smallest absolute Gasteiger partial charge is 0.208 e. The van der Waals surface area contributed by atoms with Crippen molar-refractivity contribution in [2.24, 2.45) is 7.05 Å². The van der Waals surface area contributed by atoms with Gasteiger partial charge in [0.1, 0.15) is 11.9 Å². The summed E-state index contributed by atoms with van der Waals surface area (Å²) in [5.41, 5.74) is 2.44. The normalized spacial score (nSPS) is 20.0. The lowest BCUT2D eigenvalue weighted by molar-refractivity contribution is 0.213. The Morgan fingerprint density at radius 2 is 2.04 bits per heavy atom. The summed E-state index contributed by atoms with van der Waals surface area (Å²) < 4.78 is 16.0. The number of aromatic hydroxyl groups is 1. The molecule has 1 N–H and O–H groups in total. The average molecular weight is 387 g/mol. The maximum atomic E-state index is 14.3. The molecule has 2 atom stereocenters. The zero-order valence-electron chi connectivity index (χ0n) is 15.3. The van der Waals surface area contributed by atoms with Gasteiger partial charge < -0.3 is 10.0 Å². The lowest BCUT2D eigenvalue weighted by Gasteiger charge is -2.33. The Balaban J connectivity index is 1.57. The van der Waals surface area contributed by atoms with E-state index in [4.69, 9.17) is 0 Å². The Bertz CT molecular complexity index is 940. The summed E-state index contributed by atoms with van der Waals surface area (Å²) in [5.74, 6) is 0.141. The zero-order valence-corrected chi connectivity index (χ0v) is 16.2. The predicted molar refractivity (Wildman–Crippen MR) is 105 cm³/mol. The van der Waals surface area contributed by atoms with Crippen LogP contribution in [0.5, 0.6) is 5.75 Å². The number of benzene rings is 1. The fraction of sp³-hybridized carbons (Fsp3) is 0.421. The van der Waals surface area contributed by atoms with Crippen molar-refractivity contribution >= 4 is 16.5 Å². The maximum absolute atomic E-state index is 14.3. The molecule has 4 rings (SSSR count). The van der Waals surface area contributed by atoms with Crippen molar-refractivity contribution in [1.29, 1.82) is 0 Å². The molecule has 1 aromatic carbocycles. The number of alkyl halides is 1. The van der Waals surface area contributed by atoms with Gasteiger partial charge in [0.2, 0.25) is 5.13 Å². The van der Waals surface area contributed by atoms with E-state index in [1.807, 2.05) is 37.3 Å². The number of nitrogens with zero attached hydrogens (tertiary/aromatic N) is 5. The van der Waals surface area contributed by atoms with Gasteiger partial charge in [0.05, 0.1) is 17.8 Å². The SMILES string of the molecule is CN(c1nnc(-c2ccc(-c3cnn(C)c3)cc2O)s1)[C@H]1CCCC[C@H]1F. The highest BCUT2D eigenvalue weighted by atomic mass is 32.1. The zero-order chi connectivity index (χ0) is 19.0. The maximum Gasteiger partial charge on any atom is 0.208 e. The lowest BCUT2D eigenvalue weighted by Crippen LogP contribution is -2.41. The summed E-state index contributed by atoms with van der Waals surface area (Å²) in [4.78, 5) is 1.89. The van der Waals surface area contributed by atoms with Crippen molar-refractivity contribution in [3.8, 4) is 27.4 Å². The second kappa shape index (κ2) is 7.26. The first kappa shape index (κ1) is 17.9. The second-order valence-corrected chi connectivity index (χ2v) is 7.96. The molecule has 0 amide bonds. The van der Waals surface area contributed by atoms with Crippen molar-refractivity contribution < 1.29 is 9.50 Å². The van der Waals surface area contributed by atoms with Crippen LogP contribution in [-0.4, -0.2) is 44.3 Å². The molecule has 1 aliphatic carbocycles. The Morgan fingerprint density at radius 1 is 1.22 bits per heavy atom. The molecule has 0 unspecified atom stereocenters. The number of phenols is 1. The molecule has 2 aromatic heterocycles. The third-order valence-corrected chi connectivity index (χ3v) is 6.17. The predicted octanol–water partition coefficient (Wildman–Crippen LogP) is 4.03. The number of hydrogen-bond acceptors (Lipinski definition) is 6. The minimum absolute atomic E-state index is 0.141. The summed E-state index contributed by atoms with van der Waals surface area (Å²) >= 11 is 1.37. The average Bonchev–Trinajstić information content (AvgIpc) is 3.31. The van der Waals surface area contributed by atoms with E-state index >= 15 is 0 Å². The molecule has 0 spiro atoms. The van der Waals surface area contributed by atoms with Gasteiger partial charge in [0.25, 0.3) is 0 Å². The Labute approximate surface area is 161 Å². The van der Waals surface area contributed by atoms with Crippen LogP contribution in [0.2, 0.25) is 0 Å². The van der Waals surface area contributed by atoms with Crippen LogP contribution in [0.15, 0.2) is 30.6 Å². The summed E-state index contributed by atoms with van der Waals surface area (Å²) in [6, 6.07) is 5.31. The van der Waals surface area contributed by atoms with Crippen molar-refractivity contribution in [2.75, 3.05) is 11.9 Å². The van der Waals surface area contributed by atoms with Gasteiger partial charge in [0.15, 0.2) is 5.01 Å². The summed E-state index contributed by atoms with van der Waals surface area (Å²) in [6.45, 7) is 0. The fourth-order valence-electron chi connectivity index (χ4n) is 3.57. The monoisotopic (exact) mass is 387 g/mol. The first-order valence-corrected chi connectivity index (χ1v) is 9.87. The van der Waals surface area contributed by atoms with Crippen molar-refractivity contribution in [1.82, 2.24) is 20.0 Å². The molecular formula is C19H22FN5OS. The first-order valence-electron chi connectivity index (χ1n) is 9.06. The minimum atomic E-state index is -0.830. The third-order valence-electron chi connectivity index (χ3n) is 5.13. The first-order chi connectivity index (χ1) is 13.0. The van der Waals surface area contributed by atoms with Crippen LogP contribution in [0.25, 0.3) is 21.7 Å². The molecular weight excluding hydrogens is 365 g/mol. The van der Waals surface area contributed by atoms with Gasteiger partial charge in [-0.15, -0.1) is 10.2 Å². The van der Waals surface area contributed by atoms with Crippen LogP contribution in [0.4, 0.5) is 9.52 Å². The Hall–Kier alpha value is -2.48. The molecule has 1 fully saturated rings. The van der Waals surface area contributed by atoms with Gasteiger partial charge in [-0.1, -0.05) is 30.2 Å². The highest BCUT2D eigenvalue weighted by Gasteiger charge is 2.30. The van der Waals surface area contributed by atoms with E-state index in [0.29, 0.717) is 22.1 Å². The number of aryl methyl sites for hydroxylation is 1. The molecule has 0 aliphatic heterocycles. The van der Waals surface area contributed by atoms with Gasteiger partial charge in [-0.3, -0.25) is 4.68 Å². The van der Waals surface area contributed by atoms with Crippen LogP contribution < -0.4 is 4.90 Å². The molecule has 142 valence electrons. The van der Waals surface area contributed by atoms with Gasteiger partial charge in [0, 0.05) is 25.9 Å². The van der Waals surface area contributed by atoms with Gasteiger partial charge in [-0.05, 0) is 30.5 Å². The van der Waals surface area contributed by atoms with E-state index in [2.05, 4.69) is 15.3 Å². The van der Waals surface area contributed by atoms with Gasteiger partial charge in [-0.2, -0.15) is 5.10 Å². The number of rotatable bonds is 4. The number of aromatic nitrogens is 4. The molecule has 3 aromatic rings. The fourth-order valence-corrected chi connectivity index (χ4v) is 4.47. The van der Waals surface area contributed by atoms with Crippen molar-refractivity contribution in [3.05, 3.63) is 30.6 Å². The van der Waals surface area contributed by atoms with Crippen LogP contribution in [0.3, 0.4) is 0 Å². The lowest BCUT2D eigenvalue weighted by atomic mass is 9.93. The number of anilines is 1. The molecule has 8 heteroatoms. The molecule has 0 radical (unpaired) electrons. The minimum Gasteiger partial charge on any atom is -0.507 e. The topological polar surface area (TPSA) is 67.1 Å². The van der Waals surface area contributed by atoms with E-state index < -0.39 is 6.17 Å².